The van der Waals surface area contributed by atoms with Crippen LogP contribution in [0.25, 0.3) is 10.9 Å². The Balaban J connectivity index is 1.75. The van der Waals surface area contributed by atoms with E-state index in [1.165, 1.54) is 18.0 Å². The van der Waals surface area contributed by atoms with Crippen molar-refractivity contribution >= 4 is 39.0 Å². The summed E-state index contributed by atoms with van der Waals surface area (Å²) in [5.74, 6) is 0.527. The van der Waals surface area contributed by atoms with Crippen LogP contribution < -0.4 is 15.0 Å². The zero-order chi connectivity index (χ0) is 24.9. The van der Waals surface area contributed by atoms with Crippen LogP contribution in [0.1, 0.15) is 63.3 Å². The molecule has 1 aliphatic rings. The van der Waals surface area contributed by atoms with Gasteiger partial charge in [0.15, 0.2) is 17.6 Å². The van der Waals surface area contributed by atoms with Crippen molar-refractivity contribution in [1.82, 2.24) is 9.66 Å². The van der Waals surface area contributed by atoms with E-state index in [0.717, 1.165) is 30.2 Å². The van der Waals surface area contributed by atoms with Gasteiger partial charge in [-0.1, -0.05) is 35.2 Å². The zero-order valence-corrected chi connectivity index (χ0v) is 21.3. The van der Waals surface area contributed by atoms with Crippen molar-refractivity contribution < 1.29 is 19.4 Å². The molecule has 35 heavy (non-hydrogen) atoms. The van der Waals surface area contributed by atoms with Gasteiger partial charge >= 0.3 is 5.97 Å². The first-order chi connectivity index (χ1) is 16.9. The summed E-state index contributed by atoms with van der Waals surface area (Å²) >= 11 is 3.44. The molecule has 0 aliphatic heterocycles. The summed E-state index contributed by atoms with van der Waals surface area (Å²) in [7, 11) is 0. The van der Waals surface area contributed by atoms with Crippen LogP contribution in [0.15, 0.2) is 50.8 Å². The average Bonchev–Trinajstić information content (AvgIpc) is 2.85. The number of carboxylic acids is 1. The summed E-state index contributed by atoms with van der Waals surface area (Å²) in [6, 6.07) is 10.6. The predicted molar refractivity (Wildman–Crippen MR) is 138 cm³/mol. The minimum atomic E-state index is -1.07. The van der Waals surface area contributed by atoms with Gasteiger partial charge in [-0.05, 0) is 68.7 Å². The molecule has 1 aromatic heterocycles. The van der Waals surface area contributed by atoms with Crippen LogP contribution in [-0.4, -0.2) is 39.7 Å². The van der Waals surface area contributed by atoms with E-state index in [4.69, 9.17) is 19.6 Å². The monoisotopic (exact) mass is 541 g/mol. The fourth-order valence-electron chi connectivity index (χ4n) is 4.24. The van der Waals surface area contributed by atoms with Gasteiger partial charge in [0, 0.05) is 10.4 Å². The van der Waals surface area contributed by atoms with Crippen LogP contribution in [-0.2, 0) is 4.79 Å². The third kappa shape index (κ3) is 5.73. The van der Waals surface area contributed by atoms with E-state index in [9.17, 15) is 9.59 Å². The molecule has 184 valence electrons. The SMILES string of the molecule is CCOc1cc(C=Nn2c(C3CCCCC3)nc3ccc(Br)cc3c2=O)ccc1O[C@@H](C)C(=O)O. The first kappa shape index (κ1) is 24.9. The summed E-state index contributed by atoms with van der Waals surface area (Å²) in [6.45, 7) is 3.67. The van der Waals surface area contributed by atoms with Crippen LogP contribution >= 0.6 is 15.9 Å². The molecule has 0 unspecified atom stereocenters. The fraction of sp³-hybridized carbons (Fsp3) is 0.385. The number of halogens is 1. The first-order valence-corrected chi connectivity index (χ1v) is 12.6. The zero-order valence-electron chi connectivity index (χ0n) is 19.7. The van der Waals surface area contributed by atoms with Gasteiger partial charge in [0.1, 0.15) is 5.82 Å². The molecular formula is C26H28BrN3O5. The second kappa shape index (κ2) is 11.0. The van der Waals surface area contributed by atoms with Gasteiger partial charge < -0.3 is 14.6 Å². The van der Waals surface area contributed by atoms with E-state index < -0.39 is 12.1 Å². The van der Waals surface area contributed by atoms with Crippen molar-refractivity contribution in [2.45, 2.75) is 58.0 Å². The molecule has 1 N–H and O–H groups in total. The number of carbonyl (C=O) groups is 1. The number of nitrogens with zero attached hydrogens (tertiary/aromatic N) is 3. The highest BCUT2D eigenvalue weighted by molar-refractivity contribution is 9.10. The van der Waals surface area contributed by atoms with Crippen molar-refractivity contribution in [3.05, 3.63) is 62.6 Å². The highest BCUT2D eigenvalue weighted by Gasteiger charge is 2.22. The van der Waals surface area contributed by atoms with E-state index in [0.29, 0.717) is 40.4 Å². The fourth-order valence-corrected chi connectivity index (χ4v) is 4.60. The molecule has 0 amide bonds. The molecule has 3 aromatic rings. The number of rotatable bonds is 8. The number of benzene rings is 2. The van der Waals surface area contributed by atoms with Gasteiger partial charge in [-0.2, -0.15) is 9.78 Å². The summed E-state index contributed by atoms with van der Waals surface area (Å²) in [5, 5.41) is 14.2. The third-order valence-electron chi connectivity index (χ3n) is 6.05. The summed E-state index contributed by atoms with van der Waals surface area (Å²) in [5.41, 5.74) is 1.13. The molecule has 2 aromatic carbocycles. The first-order valence-electron chi connectivity index (χ1n) is 11.8. The average molecular weight is 542 g/mol. The molecule has 1 aliphatic carbocycles. The quantitative estimate of drug-likeness (QED) is 0.386. The van der Waals surface area contributed by atoms with Gasteiger partial charge in [0.2, 0.25) is 0 Å². The van der Waals surface area contributed by atoms with E-state index in [1.807, 2.05) is 19.1 Å². The van der Waals surface area contributed by atoms with Crippen molar-refractivity contribution in [2.24, 2.45) is 5.10 Å². The van der Waals surface area contributed by atoms with E-state index in [2.05, 4.69) is 21.0 Å². The lowest BCUT2D eigenvalue weighted by Crippen LogP contribution is -2.25. The Labute approximate surface area is 211 Å². The lowest BCUT2D eigenvalue weighted by Gasteiger charge is -2.22. The minimum Gasteiger partial charge on any atom is -0.490 e. The number of hydrogen-bond acceptors (Lipinski definition) is 6. The van der Waals surface area contributed by atoms with Gasteiger partial charge in [-0.25, -0.2) is 9.78 Å². The minimum absolute atomic E-state index is 0.175. The van der Waals surface area contributed by atoms with Gasteiger partial charge in [0.05, 0.1) is 23.7 Å². The van der Waals surface area contributed by atoms with E-state index >= 15 is 0 Å². The van der Waals surface area contributed by atoms with E-state index in [-0.39, 0.29) is 11.5 Å². The van der Waals surface area contributed by atoms with Crippen molar-refractivity contribution in [1.29, 1.82) is 0 Å². The number of carboxylic acid groups (broad SMARTS) is 1. The summed E-state index contributed by atoms with van der Waals surface area (Å²) in [6.07, 6.45) is 5.94. The third-order valence-corrected chi connectivity index (χ3v) is 6.54. The van der Waals surface area contributed by atoms with Gasteiger partial charge in [0.25, 0.3) is 5.56 Å². The summed E-state index contributed by atoms with van der Waals surface area (Å²) < 4.78 is 13.4. The molecule has 8 nitrogen and oxygen atoms in total. The second-order valence-corrected chi connectivity index (χ2v) is 9.48. The Morgan fingerprint density at radius 3 is 2.71 bits per heavy atom. The highest BCUT2D eigenvalue weighted by Crippen LogP contribution is 2.32. The van der Waals surface area contributed by atoms with Gasteiger partial charge in [-0.15, -0.1) is 0 Å². The molecule has 1 atom stereocenters. The molecule has 9 heteroatoms. The lowest BCUT2D eigenvalue weighted by molar-refractivity contribution is -0.144. The molecule has 0 saturated heterocycles. The summed E-state index contributed by atoms with van der Waals surface area (Å²) in [4.78, 5) is 29.5. The van der Waals surface area contributed by atoms with Crippen LogP contribution in [0.5, 0.6) is 11.5 Å². The standard InChI is InChI=1S/C26H28BrN3O5/c1-3-34-23-13-17(9-12-22(23)35-16(2)26(32)33)15-28-30-24(18-7-5-4-6-8-18)29-21-11-10-19(27)14-20(21)25(30)31/h9-16,18H,3-8H2,1-2H3,(H,32,33)/t16-/m0/s1. The Morgan fingerprint density at radius 2 is 2.00 bits per heavy atom. The molecule has 0 radical (unpaired) electrons. The van der Waals surface area contributed by atoms with E-state index in [1.54, 1.807) is 30.5 Å². The Bertz CT molecular complexity index is 1310. The van der Waals surface area contributed by atoms with Crippen molar-refractivity contribution in [3.63, 3.8) is 0 Å². The maximum Gasteiger partial charge on any atom is 0.344 e. The van der Waals surface area contributed by atoms with Crippen LogP contribution in [0.4, 0.5) is 0 Å². The van der Waals surface area contributed by atoms with Crippen LogP contribution in [0.3, 0.4) is 0 Å². The molecule has 0 bridgehead atoms. The molecule has 4 rings (SSSR count). The molecule has 1 saturated carbocycles. The molecule has 1 heterocycles. The van der Waals surface area contributed by atoms with Crippen LogP contribution in [0, 0.1) is 0 Å². The number of fused-ring (bicyclic) bond motifs is 1. The van der Waals surface area contributed by atoms with Crippen molar-refractivity contribution in [2.75, 3.05) is 6.61 Å². The van der Waals surface area contributed by atoms with Gasteiger partial charge in [-0.3, -0.25) is 4.79 Å². The van der Waals surface area contributed by atoms with Crippen molar-refractivity contribution in [3.8, 4) is 11.5 Å². The number of aliphatic carboxylic acids is 1. The molecule has 1 fully saturated rings. The molecule has 0 spiro atoms. The van der Waals surface area contributed by atoms with Crippen LogP contribution in [0.2, 0.25) is 0 Å². The predicted octanol–water partition coefficient (Wildman–Crippen LogP) is 5.34. The second-order valence-electron chi connectivity index (χ2n) is 8.57. The largest absolute Gasteiger partial charge is 0.490 e. The Hall–Kier alpha value is -3.20. The number of ether oxygens (including phenoxy) is 2. The highest BCUT2D eigenvalue weighted by atomic mass is 79.9. The maximum atomic E-state index is 13.5. The number of aromatic nitrogens is 2. The Kier molecular flexibility index (Phi) is 7.85. The normalized spacial score (nSPS) is 15.4. The number of hydrogen-bond donors (Lipinski definition) is 1. The smallest absolute Gasteiger partial charge is 0.344 e. The topological polar surface area (TPSA) is 103 Å². The Morgan fingerprint density at radius 1 is 1.23 bits per heavy atom. The molecular weight excluding hydrogens is 514 g/mol. The lowest BCUT2D eigenvalue weighted by atomic mass is 9.88. The maximum absolute atomic E-state index is 13.5.